The molecule has 2 aromatic rings. The molecule has 21 heavy (non-hydrogen) atoms. The van der Waals surface area contributed by atoms with Crippen LogP contribution in [0.5, 0.6) is 0 Å². The van der Waals surface area contributed by atoms with Gasteiger partial charge in [-0.05, 0) is 35.7 Å². The van der Waals surface area contributed by atoms with Gasteiger partial charge in [-0.1, -0.05) is 45.7 Å². The fourth-order valence-electron chi connectivity index (χ4n) is 2.45. The van der Waals surface area contributed by atoms with E-state index in [4.69, 9.17) is 11.6 Å². The molecule has 1 heterocycles. The maximum absolute atomic E-state index is 14.0. The number of aryl methyl sites for hydroxylation is 1. The number of carbonyl (C=O) groups is 1. The topological polar surface area (TPSA) is 29.1 Å². The second-order valence-corrected chi connectivity index (χ2v) is 6.35. The molecule has 3 rings (SSSR count). The quantitative estimate of drug-likeness (QED) is 0.755. The predicted molar refractivity (Wildman–Crippen MR) is 85.6 cm³/mol. The van der Waals surface area contributed by atoms with Crippen molar-refractivity contribution < 1.29 is 9.18 Å². The highest BCUT2D eigenvalue weighted by atomic mass is 79.9. The van der Waals surface area contributed by atoms with Crippen molar-refractivity contribution in [2.24, 2.45) is 0 Å². The van der Waals surface area contributed by atoms with Crippen molar-refractivity contribution in [1.29, 1.82) is 0 Å². The number of rotatable bonds is 2. The summed E-state index contributed by atoms with van der Waals surface area (Å²) in [5.41, 5.74) is 3.41. The van der Waals surface area contributed by atoms with Crippen LogP contribution in [0.2, 0.25) is 5.02 Å². The average molecular weight is 369 g/mol. The Morgan fingerprint density at radius 2 is 2.00 bits per heavy atom. The summed E-state index contributed by atoms with van der Waals surface area (Å²) >= 11 is 9.32. The molecule has 1 atom stereocenters. The average Bonchev–Trinajstić information content (AvgIpc) is 2.46. The van der Waals surface area contributed by atoms with Crippen molar-refractivity contribution in [2.75, 3.05) is 5.32 Å². The van der Waals surface area contributed by atoms with Crippen LogP contribution in [0.3, 0.4) is 0 Å². The highest BCUT2D eigenvalue weighted by Gasteiger charge is 2.19. The second-order valence-electron chi connectivity index (χ2n) is 4.99. The van der Waals surface area contributed by atoms with E-state index >= 15 is 0 Å². The van der Waals surface area contributed by atoms with E-state index < -0.39 is 0 Å². The van der Waals surface area contributed by atoms with E-state index in [9.17, 15) is 9.18 Å². The summed E-state index contributed by atoms with van der Waals surface area (Å²) in [5.74, 6) is -0.301. The highest BCUT2D eigenvalue weighted by molar-refractivity contribution is 9.09. The number of hydrogen-bond donors (Lipinski definition) is 1. The summed E-state index contributed by atoms with van der Waals surface area (Å²) in [5, 5.41) is 3.22. The van der Waals surface area contributed by atoms with Gasteiger partial charge in [0.2, 0.25) is 5.91 Å². The van der Waals surface area contributed by atoms with E-state index in [2.05, 4.69) is 21.2 Å². The van der Waals surface area contributed by atoms with Crippen LogP contribution in [0.25, 0.3) is 0 Å². The van der Waals surface area contributed by atoms with Crippen LogP contribution in [0, 0.1) is 5.82 Å². The van der Waals surface area contributed by atoms with Gasteiger partial charge in [-0.25, -0.2) is 4.39 Å². The molecule has 2 aromatic carbocycles. The second kappa shape index (κ2) is 5.78. The normalized spacial score (nSPS) is 15.3. The van der Waals surface area contributed by atoms with Crippen LogP contribution in [-0.4, -0.2) is 5.91 Å². The monoisotopic (exact) mass is 367 g/mol. The van der Waals surface area contributed by atoms with Crippen LogP contribution in [0.1, 0.15) is 27.9 Å². The molecule has 0 aromatic heterocycles. The lowest BCUT2D eigenvalue weighted by molar-refractivity contribution is -0.116. The van der Waals surface area contributed by atoms with Crippen LogP contribution in [-0.2, 0) is 11.2 Å². The number of hydrogen-bond acceptors (Lipinski definition) is 1. The molecule has 0 radical (unpaired) electrons. The van der Waals surface area contributed by atoms with Crippen LogP contribution >= 0.6 is 27.5 Å². The lowest BCUT2D eigenvalue weighted by Gasteiger charge is -2.19. The van der Waals surface area contributed by atoms with Gasteiger partial charge in [-0.2, -0.15) is 0 Å². The van der Waals surface area contributed by atoms with E-state index in [-0.39, 0.29) is 16.6 Å². The van der Waals surface area contributed by atoms with Gasteiger partial charge in [0.05, 0.1) is 4.83 Å². The molecule has 1 amide bonds. The number of benzene rings is 2. The molecular weight excluding hydrogens is 357 g/mol. The molecule has 1 unspecified atom stereocenters. The van der Waals surface area contributed by atoms with Gasteiger partial charge < -0.3 is 5.32 Å². The number of amides is 1. The number of fused-ring (bicyclic) bond motifs is 1. The summed E-state index contributed by atoms with van der Waals surface area (Å²) < 4.78 is 14.0. The van der Waals surface area contributed by atoms with Gasteiger partial charge in [0, 0.05) is 22.7 Å². The summed E-state index contributed by atoms with van der Waals surface area (Å²) in [6, 6.07) is 10.4. The molecule has 0 saturated carbocycles. The number of nitrogens with one attached hydrogen (secondary N) is 1. The Balaban J connectivity index is 1.95. The van der Waals surface area contributed by atoms with Gasteiger partial charge in [0.1, 0.15) is 5.82 Å². The van der Waals surface area contributed by atoms with E-state index in [1.807, 2.05) is 18.2 Å². The maximum Gasteiger partial charge on any atom is 0.224 e. The van der Waals surface area contributed by atoms with Crippen molar-refractivity contribution in [3.8, 4) is 0 Å². The third-order valence-corrected chi connectivity index (χ3v) is 4.81. The SMILES string of the molecule is O=C1CCc2cc(C(Br)c3ccc(Cl)cc3F)ccc2N1. The Bertz CT molecular complexity index is 719. The maximum atomic E-state index is 14.0. The van der Waals surface area contributed by atoms with Gasteiger partial charge in [-0.3, -0.25) is 4.79 Å². The predicted octanol–water partition coefficient (Wildman–Crippen LogP) is 4.85. The molecule has 1 aliphatic heterocycles. The molecule has 0 spiro atoms. The minimum atomic E-state index is -0.338. The molecule has 0 aliphatic carbocycles. The Morgan fingerprint density at radius 1 is 1.19 bits per heavy atom. The first-order valence-corrected chi connectivity index (χ1v) is 7.85. The lowest BCUT2D eigenvalue weighted by atomic mass is 9.97. The van der Waals surface area contributed by atoms with Crippen molar-refractivity contribution >= 4 is 39.1 Å². The highest BCUT2D eigenvalue weighted by Crippen LogP contribution is 2.36. The number of halogens is 3. The smallest absolute Gasteiger partial charge is 0.224 e. The van der Waals surface area contributed by atoms with Gasteiger partial charge >= 0.3 is 0 Å². The zero-order valence-electron chi connectivity index (χ0n) is 11.0. The molecular formula is C16H12BrClFNO. The Hall–Kier alpha value is -1.39. The number of carbonyl (C=O) groups excluding carboxylic acids is 1. The Morgan fingerprint density at radius 3 is 2.76 bits per heavy atom. The zero-order chi connectivity index (χ0) is 15.0. The molecule has 1 aliphatic rings. The molecule has 2 nitrogen and oxygen atoms in total. The molecule has 108 valence electrons. The van der Waals surface area contributed by atoms with Crippen LogP contribution in [0.15, 0.2) is 36.4 Å². The minimum absolute atomic E-state index is 0.0365. The largest absolute Gasteiger partial charge is 0.326 e. The minimum Gasteiger partial charge on any atom is -0.326 e. The Labute approximate surface area is 135 Å². The van der Waals surface area contributed by atoms with Gasteiger partial charge in [0.25, 0.3) is 0 Å². The fourth-order valence-corrected chi connectivity index (χ4v) is 3.26. The van der Waals surface area contributed by atoms with Crippen molar-refractivity contribution in [1.82, 2.24) is 0 Å². The van der Waals surface area contributed by atoms with Gasteiger partial charge in [0.15, 0.2) is 0 Å². The zero-order valence-corrected chi connectivity index (χ0v) is 13.3. The molecule has 0 bridgehead atoms. The van der Waals surface area contributed by atoms with Crippen molar-refractivity contribution in [3.63, 3.8) is 0 Å². The summed E-state index contributed by atoms with van der Waals surface area (Å²) in [7, 11) is 0. The first-order chi connectivity index (χ1) is 10.0. The standard InChI is InChI=1S/C16H12BrClFNO/c17-16(12-4-3-11(18)8-13(12)19)10-1-5-14-9(7-10)2-6-15(21)20-14/h1,3-5,7-8,16H,2,6H2,(H,20,21). The van der Waals surface area contributed by atoms with E-state index in [0.717, 1.165) is 16.8 Å². The summed E-state index contributed by atoms with van der Waals surface area (Å²) in [6.45, 7) is 0. The van der Waals surface area contributed by atoms with Crippen molar-refractivity contribution in [2.45, 2.75) is 17.7 Å². The van der Waals surface area contributed by atoms with E-state index in [1.165, 1.54) is 6.07 Å². The van der Waals surface area contributed by atoms with Gasteiger partial charge in [-0.15, -0.1) is 0 Å². The summed E-state index contributed by atoms with van der Waals surface area (Å²) in [6.07, 6.45) is 1.19. The number of anilines is 1. The third kappa shape index (κ3) is 2.97. The lowest BCUT2D eigenvalue weighted by Crippen LogP contribution is -2.19. The first kappa shape index (κ1) is 14.5. The third-order valence-electron chi connectivity index (χ3n) is 3.55. The molecule has 1 N–H and O–H groups in total. The van der Waals surface area contributed by atoms with Crippen molar-refractivity contribution in [3.05, 3.63) is 63.9 Å². The Kier molecular flexibility index (Phi) is 4.00. The number of alkyl halides is 1. The van der Waals surface area contributed by atoms with Crippen LogP contribution < -0.4 is 5.32 Å². The van der Waals surface area contributed by atoms with E-state index in [1.54, 1.807) is 12.1 Å². The fraction of sp³-hybridized carbons (Fsp3) is 0.188. The first-order valence-electron chi connectivity index (χ1n) is 6.56. The van der Waals surface area contributed by atoms with E-state index in [0.29, 0.717) is 23.4 Å². The van der Waals surface area contributed by atoms with Crippen LogP contribution in [0.4, 0.5) is 10.1 Å². The molecule has 5 heteroatoms. The molecule has 0 saturated heterocycles. The summed E-state index contributed by atoms with van der Waals surface area (Å²) in [4.78, 5) is 11.1. The molecule has 0 fully saturated rings.